The molecular formula is C10H23N3. The van der Waals surface area contributed by atoms with Crippen LogP contribution in [0.3, 0.4) is 0 Å². The minimum Gasteiger partial charge on any atom is -0.315 e. The van der Waals surface area contributed by atoms with Gasteiger partial charge >= 0.3 is 0 Å². The number of likely N-dealkylation sites (N-methyl/N-ethyl adjacent to an activating group) is 1. The molecular weight excluding hydrogens is 162 g/mol. The van der Waals surface area contributed by atoms with Crippen LogP contribution in [0.1, 0.15) is 12.8 Å². The summed E-state index contributed by atoms with van der Waals surface area (Å²) in [7, 11) is 6.52. The molecule has 13 heavy (non-hydrogen) atoms. The molecule has 0 amide bonds. The molecule has 78 valence electrons. The Labute approximate surface area is 82.1 Å². The van der Waals surface area contributed by atoms with Crippen molar-refractivity contribution in [2.24, 2.45) is 0 Å². The van der Waals surface area contributed by atoms with Gasteiger partial charge in [-0.3, -0.25) is 0 Å². The van der Waals surface area contributed by atoms with Crippen LogP contribution in [0.15, 0.2) is 0 Å². The van der Waals surface area contributed by atoms with Gasteiger partial charge in [0.1, 0.15) is 0 Å². The van der Waals surface area contributed by atoms with Crippen molar-refractivity contribution in [3.05, 3.63) is 0 Å². The largest absolute Gasteiger partial charge is 0.315 e. The van der Waals surface area contributed by atoms with Crippen LogP contribution in [-0.4, -0.2) is 63.2 Å². The molecule has 0 radical (unpaired) electrons. The first-order valence-electron chi connectivity index (χ1n) is 5.26. The standard InChI is InChI=1S/C10H23N3/c1-12(2)7-4-8-13(3)10-5-6-11-9-10/h10-11H,4-9H2,1-3H3. The molecule has 0 bridgehead atoms. The van der Waals surface area contributed by atoms with E-state index < -0.39 is 0 Å². The molecule has 0 aromatic rings. The van der Waals surface area contributed by atoms with Crippen molar-refractivity contribution in [3.8, 4) is 0 Å². The van der Waals surface area contributed by atoms with Crippen LogP contribution >= 0.6 is 0 Å². The van der Waals surface area contributed by atoms with Crippen LogP contribution in [0.2, 0.25) is 0 Å². The maximum absolute atomic E-state index is 3.40. The summed E-state index contributed by atoms with van der Waals surface area (Å²) in [5.74, 6) is 0. The lowest BCUT2D eigenvalue weighted by Gasteiger charge is -2.23. The Morgan fingerprint density at radius 2 is 2.00 bits per heavy atom. The minimum absolute atomic E-state index is 0.780. The molecule has 0 spiro atoms. The Balaban J connectivity index is 2.06. The third-order valence-corrected chi connectivity index (χ3v) is 2.77. The first-order valence-corrected chi connectivity index (χ1v) is 5.26. The zero-order chi connectivity index (χ0) is 9.68. The third-order valence-electron chi connectivity index (χ3n) is 2.77. The Hall–Kier alpha value is -0.120. The van der Waals surface area contributed by atoms with E-state index in [4.69, 9.17) is 0 Å². The summed E-state index contributed by atoms with van der Waals surface area (Å²) in [5.41, 5.74) is 0. The van der Waals surface area contributed by atoms with E-state index in [0.717, 1.165) is 6.04 Å². The molecule has 1 rings (SSSR count). The Bertz CT molecular complexity index is 130. The van der Waals surface area contributed by atoms with Crippen molar-refractivity contribution in [2.45, 2.75) is 18.9 Å². The molecule has 0 aliphatic carbocycles. The van der Waals surface area contributed by atoms with Gasteiger partial charge in [0.2, 0.25) is 0 Å². The SMILES string of the molecule is CN(C)CCCN(C)C1CCNC1. The van der Waals surface area contributed by atoms with Crippen molar-refractivity contribution >= 4 is 0 Å². The van der Waals surface area contributed by atoms with Crippen molar-refractivity contribution in [1.29, 1.82) is 0 Å². The lowest BCUT2D eigenvalue weighted by Crippen LogP contribution is -2.35. The Morgan fingerprint density at radius 1 is 1.23 bits per heavy atom. The topological polar surface area (TPSA) is 18.5 Å². The van der Waals surface area contributed by atoms with Crippen molar-refractivity contribution in [1.82, 2.24) is 15.1 Å². The quantitative estimate of drug-likeness (QED) is 0.661. The summed E-state index contributed by atoms with van der Waals surface area (Å²) in [6, 6.07) is 0.780. The van der Waals surface area contributed by atoms with Gasteiger partial charge in [-0.2, -0.15) is 0 Å². The molecule has 1 aliphatic rings. The van der Waals surface area contributed by atoms with Crippen molar-refractivity contribution in [2.75, 3.05) is 47.3 Å². The van der Waals surface area contributed by atoms with E-state index in [2.05, 4.69) is 36.3 Å². The van der Waals surface area contributed by atoms with Crippen molar-refractivity contribution in [3.63, 3.8) is 0 Å². The van der Waals surface area contributed by atoms with Gasteiger partial charge in [-0.1, -0.05) is 0 Å². The van der Waals surface area contributed by atoms with Crippen LogP contribution in [0.5, 0.6) is 0 Å². The van der Waals surface area contributed by atoms with Gasteiger partial charge in [0.05, 0.1) is 0 Å². The fourth-order valence-electron chi connectivity index (χ4n) is 1.83. The minimum atomic E-state index is 0.780. The number of nitrogens with zero attached hydrogens (tertiary/aromatic N) is 2. The second kappa shape index (κ2) is 5.58. The monoisotopic (exact) mass is 185 g/mol. The highest BCUT2D eigenvalue weighted by atomic mass is 15.2. The van der Waals surface area contributed by atoms with Crippen LogP contribution in [-0.2, 0) is 0 Å². The summed E-state index contributed by atoms with van der Waals surface area (Å²) in [6.45, 7) is 4.80. The highest BCUT2D eigenvalue weighted by Gasteiger charge is 2.18. The van der Waals surface area contributed by atoms with Gasteiger partial charge in [-0.05, 0) is 53.6 Å². The number of hydrogen-bond donors (Lipinski definition) is 1. The zero-order valence-electron chi connectivity index (χ0n) is 9.21. The van der Waals surface area contributed by atoms with Crippen LogP contribution in [0, 0.1) is 0 Å². The summed E-state index contributed by atoms with van der Waals surface area (Å²) in [4.78, 5) is 4.74. The molecule has 0 aromatic heterocycles. The average molecular weight is 185 g/mol. The molecule has 1 N–H and O–H groups in total. The predicted molar refractivity (Wildman–Crippen MR) is 57.1 cm³/mol. The molecule has 1 fully saturated rings. The van der Waals surface area contributed by atoms with Gasteiger partial charge in [-0.25, -0.2) is 0 Å². The average Bonchev–Trinajstić information content (AvgIpc) is 2.55. The molecule has 3 nitrogen and oxygen atoms in total. The molecule has 1 unspecified atom stereocenters. The maximum Gasteiger partial charge on any atom is 0.0229 e. The molecule has 1 atom stereocenters. The smallest absolute Gasteiger partial charge is 0.0229 e. The fourth-order valence-corrected chi connectivity index (χ4v) is 1.83. The highest BCUT2D eigenvalue weighted by Crippen LogP contribution is 2.06. The molecule has 1 heterocycles. The first kappa shape index (κ1) is 11.0. The zero-order valence-corrected chi connectivity index (χ0v) is 9.21. The first-order chi connectivity index (χ1) is 6.20. The third kappa shape index (κ3) is 4.07. The van der Waals surface area contributed by atoms with Gasteiger partial charge in [0, 0.05) is 12.6 Å². The van der Waals surface area contributed by atoms with E-state index in [-0.39, 0.29) is 0 Å². The Morgan fingerprint density at radius 3 is 2.54 bits per heavy atom. The van der Waals surface area contributed by atoms with E-state index in [1.54, 1.807) is 0 Å². The van der Waals surface area contributed by atoms with E-state index in [0.29, 0.717) is 0 Å². The predicted octanol–water partition coefficient (Wildman–Crippen LogP) is 0.232. The number of rotatable bonds is 5. The van der Waals surface area contributed by atoms with Gasteiger partial charge < -0.3 is 15.1 Å². The van der Waals surface area contributed by atoms with E-state index in [9.17, 15) is 0 Å². The normalized spacial score (nSPS) is 23.3. The molecule has 0 aromatic carbocycles. The molecule has 1 saturated heterocycles. The summed E-state index contributed by atoms with van der Waals surface area (Å²) in [6.07, 6.45) is 2.60. The number of nitrogens with one attached hydrogen (secondary N) is 1. The molecule has 3 heteroatoms. The van der Waals surface area contributed by atoms with E-state index in [1.165, 1.54) is 39.0 Å². The summed E-state index contributed by atoms with van der Waals surface area (Å²) < 4.78 is 0. The molecule has 0 saturated carbocycles. The van der Waals surface area contributed by atoms with E-state index >= 15 is 0 Å². The van der Waals surface area contributed by atoms with Gasteiger partial charge in [-0.15, -0.1) is 0 Å². The summed E-state index contributed by atoms with van der Waals surface area (Å²) in [5, 5.41) is 3.40. The van der Waals surface area contributed by atoms with Gasteiger partial charge in [0.15, 0.2) is 0 Å². The lowest BCUT2D eigenvalue weighted by atomic mass is 10.2. The van der Waals surface area contributed by atoms with Gasteiger partial charge in [0.25, 0.3) is 0 Å². The second-order valence-electron chi connectivity index (χ2n) is 4.28. The van der Waals surface area contributed by atoms with Crippen LogP contribution in [0.25, 0.3) is 0 Å². The van der Waals surface area contributed by atoms with Crippen molar-refractivity contribution < 1.29 is 0 Å². The maximum atomic E-state index is 3.40. The Kier molecular flexibility index (Phi) is 4.70. The molecule has 1 aliphatic heterocycles. The van der Waals surface area contributed by atoms with Crippen LogP contribution < -0.4 is 5.32 Å². The highest BCUT2D eigenvalue weighted by molar-refractivity contribution is 4.78. The van der Waals surface area contributed by atoms with E-state index in [1.807, 2.05) is 0 Å². The lowest BCUT2D eigenvalue weighted by molar-refractivity contribution is 0.241. The fraction of sp³-hybridized carbons (Fsp3) is 1.00. The number of hydrogen-bond acceptors (Lipinski definition) is 3. The summed E-state index contributed by atoms with van der Waals surface area (Å²) >= 11 is 0. The second-order valence-corrected chi connectivity index (χ2v) is 4.28. The van der Waals surface area contributed by atoms with Crippen LogP contribution in [0.4, 0.5) is 0 Å².